The molecule has 7 nitrogen and oxygen atoms in total. The molecule has 2 N–H and O–H groups in total. The molecule has 0 atom stereocenters. The first-order valence-corrected chi connectivity index (χ1v) is 9.37. The highest BCUT2D eigenvalue weighted by Crippen LogP contribution is 2.33. The maximum absolute atomic E-state index is 12.3. The third-order valence-corrected chi connectivity index (χ3v) is 4.92. The van der Waals surface area contributed by atoms with Gasteiger partial charge in [-0.15, -0.1) is 11.1 Å². The van der Waals surface area contributed by atoms with Crippen LogP contribution in [0.1, 0.15) is 16.7 Å². The number of rotatable bonds is 5. The maximum atomic E-state index is 12.3. The first-order valence-electron chi connectivity index (χ1n) is 9.37. The van der Waals surface area contributed by atoms with Crippen molar-refractivity contribution in [2.24, 2.45) is 0 Å². The lowest BCUT2D eigenvalue weighted by atomic mass is 10.0. The topological polar surface area (TPSA) is 69.7 Å². The van der Waals surface area contributed by atoms with Crippen molar-refractivity contribution in [1.29, 1.82) is 0 Å². The van der Waals surface area contributed by atoms with Crippen molar-refractivity contribution in [2.45, 2.75) is 20.5 Å². The van der Waals surface area contributed by atoms with Crippen molar-refractivity contribution in [3.05, 3.63) is 77.5 Å². The van der Waals surface area contributed by atoms with Crippen LogP contribution in [0.2, 0.25) is 0 Å². The van der Waals surface area contributed by atoms with Gasteiger partial charge in [-0.25, -0.2) is 14.8 Å². The van der Waals surface area contributed by atoms with Gasteiger partial charge in [-0.3, -0.25) is 4.98 Å². The van der Waals surface area contributed by atoms with E-state index < -0.39 is 0 Å². The fourth-order valence-electron chi connectivity index (χ4n) is 3.24. The highest BCUT2D eigenvalue weighted by molar-refractivity contribution is 5.93. The van der Waals surface area contributed by atoms with E-state index in [0.29, 0.717) is 18.0 Å². The molecule has 148 valence electrons. The summed E-state index contributed by atoms with van der Waals surface area (Å²) in [5, 5.41) is 2.80. The molecule has 1 aliphatic heterocycles. The number of anilines is 1. The van der Waals surface area contributed by atoms with Crippen molar-refractivity contribution >= 4 is 11.7 Å². The number of pyridine rings is 1. The van der Waals surface area contributed by atoms with E-state index in [1.807, 2.05) is 43.3 Å². The van der Waals surface area contributed by atoms with Gasteiger partial charge in [0.05, 0.1) is 5.69 Å². The Hall–Kier alpha value is -3.42. The maximum Gasteiger partial charge on any atom is 0.355 e. The monoisotopic (exact) mass is 389 g/mol. The Morgan fingerprint density at radius 2 is 1.86 bits per heavy atom. The van der Waals surface area contributed by atoms with Gasteiger partial charge in [0, 0.05) is 18.8 Å². The predicted molar refractivity (Wildman–Crippen MR) is 112 cm³/mol. The Bertz CT molecular complexity index is 1040. The summed E-state index contributed by atoms with van der Waals surface area (Å²) < 4.78 is 6.18. The van der Waals surface area contributed by atoms with Crippen LogP contribution in [0.3, 0.4) is 0 Å². The zero-order valence-electron chi connectivity index (χ0n) is 16.6. The zero-order valence-corrected chi connectivity index (χ0v) is 16.6. The van der Waals surface area contributed by atoms with Gasteiger partial charge in [-0.05, 0) is 54.8 Å². The van der Waals surface area contributed by atoms with Gasteiger partial charge in [-0.1, -0.05) is 30.3 Å². The van der Waals surface area contributed by atoms with Crippen LogP contribution in [0.15, 0.2) is 60.8 Å². The van der Waals surface area contributed by atoms with Crippen LogP contribution in [-0.4, -0.2) is 23.1 Å². The van der Waals surface area contributed by atoms with E-state index in [-0.39, 0.29) is 6.03 Å². The van der Waals surface area contributed by atoms with Crippen LogP contribution in [0.4, 0.5) is 10.5 Å². The van der Waals surface area contributed by atoms with Crippen molar-refractivity contribution in [3.8, 4) is 17.0 Å². The number of benzene rings is 2. The number of aromatic nitrogens is 1. The summed E-state index contributed by atoms with van der Waals surface area (Å²) in [5.74, 6) is 0.665. The van der Waals surface area contributed by atoms with Crippen LogP contribution in [0.5, 0.6) is 5.75 Å². The summed E-state index contributed by atoms with van der Waals surface area (Å²) in [5.41, 5.74) is 11.5. The average molecular weight is 389 g/mol. The quantitative estimate of drug-likeness (QED) is 0.696. The molecule has 0 saturated carbocycles. The Balaban J connectivity index is 1.56. The third-order valence-electron chi connectivity index (χ3n) is 4.92. The largest absolute Gasteiger partial charge is 0.486 e. The number of amides is 2. The molecule has 2 aromatic carbocycles. The van der Waals surface area contributed by atoms with E-state index >= 15 is 0 Å². The molecular formula is C22H23N5O2. The number of carbonyl (C=O) groups is 1. The Kier molecular flexibility index (Phi) is 5.16. The second kappa shape index (κ2) is 7.90. The molecule has 0 unspecified atom stereocenters. The molecule has 1 aliphatic rings. The van der Waals surface area contributed by atoms with Gasteiger partial charge in [0.25, 0.3) is 0 Å². The van der Waals surface area contributed by atoms with Gasteiger partial charge in [0.1, 0.15) is 18.0 Å². The van der Waals surface area contributed by atoms with Gasteiger partial charge in [0.2, 0.25) is 0 Å². The molecule has 2 amide bonds. The van der Waals surface area contributed by atoms with Gasteiger partial charge in [0.15, 0.2) is 0 Å². The molecule has 1 saturated heterocycles. The minimum absolute atomic E-state index is 0.212. The molecule has 2 heterocycles. The number of nitrogens with one attached hydrogen (secondary N) is 2. The van der Waals surface area contributed by atoms with Crippen LogP contribution in [0.25, 0.3) is 11.3 Å². The third kappa shape index (κ3) is 3.78. The van der Waals surface area contributed by atoms with Crippen molar-refractivity contribution < 1.29 is 9.53 Å². The van der Waals surface area contributed by atoms with Gasteiger partial charge < -0.3 is 4.74 Å². The number of nitrogens with zero attached hydrogens (tertiary/aromatic N) is 3. The number of aryl methyl sites for hydroxylation is 2. The van der Waals surface area contributed by atoms with E-state index in [1.54, 1.807) is 13.2 Å². The number of para-hydroxylation sites is 1. The predicted octanol–water partition coefficient (Wildman–Crippen LogP) is 3.74. The fourth-order valence-corrected chi connectivity index (χ4v) is 3.24. The lowest BCUT2D eigenvalue weighted by Gasteiger charge is -2.20. The first kappa shape index (κ1) is 18.9. The number of hydrogen-bond donors (Lipinski definition) is 2. The van der Waals surface area contributed by atoms with E-state index in [4.69, 9.17) is 4.74 Å². The minimum atomic E-state index is -0.212. The minimum Gasteiger partial charge on any atom is -0.486 e. The lowest BCUT2D eigenvalue weighted by Crippen LogP contribution is -2.38. The molecule has 0 spiro atoms. The number of urea groups is 1. The van der Waals surface area contributed by atoms with Crippen LogP contribution in [-0.2, 0) is 6.61 Å². The number of hydrazine groups is 3. The summed E-state index contributed by atoms with van der Waals surface area (Å²) in [6.45, 7) is 4.43. The molecule has 7 heteroatoms. The molecule has 4 rings (SSSR count). The molecule has 3 aromatic rings. The van der Waals surface area contributed by atoms with Crippen molar-refractivity contribution in [1.82, 2.24) is 21.1 Å². The number of ether oxygens (including phenoxy) is 1. The van der Waals surface area contributed by atoms with E-state index in [2.05, 4.69) is 41.2 Å². The second-order valence-corrected chi connectivity index (χ2v) is 6.97. The SMILES string of the molecule is Cc1cc(-c2ccccn2)ccc1COc1c(C)cccc1N1NNN(C)C1=O. The molecule has 0 aliphatic carbocycles. The summed E-state index contributed by atoms with van der Waals surface area (Å²) in [6.07, 6.45) is 1.79. The first-order chi connectivity index (χ1) is 14.0. The van der Waals surface area contributed by atoms with E-state index in [1.165, 1.54) is 10.0 Å². The molecule has 29 heavy (non-hydrogen) atoms. The fraction of sp³-hybridized carbons (Fsp3) is 0.182. The average Bonchev–Trinajstić information content (AvgIpc) is 3.07. The molecule has 1 aromatic heterocycles. The van der Waals surface area contributed by atoms with Crippen LogP contribution < -0.4 is 20.8 Å². The smallest absolute Gasteiger partial charge is 0.355 e. The van der Waals surface area contributed by atoms with Crippen molar-refractivity contribution in [3.63, 3.8) is 0 Å². The lowest BCUT2D eigenvalue weighted by molar-refractivity contribution is 0.214. The highest BCUT2D eigenvalue weighted by atomic mass is 16.5. The summed E-state index contributed by atoms with van der Waals surface area (Å²) in [6, 6.07) is 17.6. The summed E-state index contributed by atoms with van der Waals surface area (Å²) >= 11 is 0. The van der Waals surface area contributed by atoms with Gasteiger partial charge in [-0.2, -0.15) is 0 Å². The summed E-state index contributed by atoms with van der Waals surface area (Å²) in [7, 11) is 1.65. The van der Waals surface area contributed by atoms with E-state index in [0.717, 1.165) is 27.9 Å². The van der Waals surface area contributed by atoms with E-state index in [9.17, 15) is 4.79 Å². The number of hydrogen-bond acceptors (Lipinski definition) is 5. The van der Waals surface area contributed by atoms with Crippen LogP contribution >= 0.6 is 0 Å². The standard InChI is InChI=1S/C22H23N5O2/c1-15-7-6-9-20(27-22(28)26(3)24-25-27)21(15)29-14-18-11-10-17(13-16(18)2)19-8-4-5-12-23-19/h4-13,24-25H,14H2,1-3H3. The summed E-state index contributed by atoms with van der Waals surface area (Å²) in [4.78, 5) is 16.7. The van der Waals surface area contributed by atoms with Crippen LogP contribution in [0, 0.1) is 13.8 Å². The van der Waals surface area contributed by atoms with Gasteiger partial charge >= 0.3 is 6.03 Å². The number of carbonyl (C=O) groups excluding carboxylic acids is 1. The molecule has 0 radical (unpaired) electrons. The molecule has 0 bridgehead atoms. The normalized spacial score (nSPS) is 13.8. The molecule has 1 fully saturated rings. The highest BCUT2D eigenvalue weighted by Gasteiger charge is 2.29. The Morgan fingerprint density at radius 1 is 1.00 bits per heavy atom. The Labute approximate surface area is 169 Å². The molecular weight excluding hydrogens is 366 g/mol. The van der Waals surface area contributed by atoms with Crippen molar-refractivity contribution in [2.75, 3.05) is 12.1 Å². The Morgan fingerprint density at radius 3 is 2.55 bits per heavy atom. The zero-order chi connectivity index (χ0) is 20.4. The second-order valence-electron chi connectivity index (χ2n) is 6.97.